The Balaban J connectivity index is 2.04. The summed E-state index contributed by atoms with van der Waals surface area (Å²) < 4.78 is 3.07. The molecule has 1 N–H and O–H groups in total. The van der Waals surface area contributed by atoms with Crippen molar-refractivity contribution in [1.82, 2.24) is 24.9 Å². The lowest BCUT2D eigenvalue weighted by Crippen LogP contribution is -2.31. The minimum absolute atomic E-state index is 0.0972. The van der Waals surface area contributed by atoms with E-state index in [1.54, 1.807) is 18.5 Å². The summed E-state index contributed by atoms with van der Waals surface area (Å²) in [6.45, 7) is 5.43. The molecule has 9 heteroatoms. The van der Waals surface area contributed by atoms with Crippen LogP contribution in [0.5, 0.6) is 0 Å². The lowest BCUT2D eigenvalue weighted by atomic mass is 10.3. The summed E-state index contributed by atoms with van der Waals surface area (Å²) in [6, 6.07) is 1.24. The Morgan fingerprint density at radius 2 is 2.18 bits per heavy atom. The predicted molar refractivity (Wildman–Crippen MR) is 78.1 cm³/mol. The van der Waals surface area contributed by atoms with E-state index in [1.165, 1.54) is 4.68 Å². The minimum Gasteiger partial charge on any atom is -0.349 e. The van der Waals surface area contributed by atoms with Crippen molar-refractivity contribution in [3.63, 3.8) is 0 Å². The average Bonchev–Trinajstić information content (AvgIpc) is 2.99. The first-order chi connectivity index (χ1) is 10.3. The van der Waals surface area contributed by atoms with Gasteiger partial charge in [-0.3, -0.25) is 24.3 Å². The van der Waals surface area contributed by atoms with Crippen LogP contribution in [0.15, 0.2) is 12.3 Å². The molecule has 0 bridgehead atoms. The standard InChI is InChI=1S/C13H18N6O3/c1-8-5-11(16-17(8)4)6-14-13(20)10(3)18-9(2)12(7-15-18)19(21)22/h5,7,10H,6H2,1-4H3,(H,14,20). The maximum Gasteiger partial charge on any atom is 0.309 e. The highest BCUT2D eigenvalue weighted by atomic mass is 16.6. The second-order valence-electron chi connectivity index (χ2n) is 5.11. The molecule has 1 unspecified atom stereocenters. The van der Waals surface area contributed by atoms with Crippen molar-refractivity contribution in [3.05, 3.63) is 39.5 Å². The molecule has 0 aromatic carbocycles. The van der Waals surface area contributed by atoms with Gasteiger partial charge in [-0.05, 0) is 26.8 Å². The molecule has 0 spiro atoms. The Labute approximate surface area is 127 Å². The number of aromatic nitrogens is 4. The largest absolute Gasteiger partial charge is 0.349 e. The van der Waals surface area contributed by atoms with Gasteiger partial charge in [0, 0.05) is 12.7 Å². The molecule has 22 heavy (non-hydrogen) atoms. The van der Waals surface area contributed by atoms with Gasteiger partial charge in [0.15, 0.2) is 0 Å². The third kappa shape index (κ3) is 2.97. The topological polar surface area (TPSA) is 108 Å². The number of amides is 1. The predicted octanol–water partition coefficient (Wildman–Crippen LogP) is 1.02. The zero-order chi connectivity index (χ0) is 16.4. The van der Waals surface area contributed by atoms with E-state index in [2.05, 4.69) is 15.5 Å². The number of carbonyl (C=O) groups excluding carboxylic acids is 1. The lowest BCUT2D eigenvalue weighted by molar-refractivity contribution is -0.385. The number of nitro groups is 1. The second kappa shape index (κ2) is 5.96. The van der Waals surface area contributed by atoms with Gasteiger partial charge in [-0.1, -0.05) is 0 Å². The van der Waals surface area contributed by atoms with Gasteiger partial charge >= 0.3 is 5.69 Å². The van der Waals surface area contributed by atoms with Crippen molar-refractivity contribution in [3.8, 4) is 0 Å². The molecule has 0 aliphatic rings. The van der Waals surface area contributed by atoms with Crippen LogP contribution >= 0.6 is 0 Å². The van der Waals surface area contributed by atoms with Crippen molar-refractivity contribution < 1.29 is 9.72 Å². The van der Waals surface area contributed by atoms with Crippen molar-refractivity contribution in [2.45, 2.75) is 33.4 Å². The van der Waals surface area contributed by atoms with Crippen molar-refractivity contribution in [2.24, 2.45) is 7.05 Å². The third-order valence-electron chi connectivity index (χ3n) is 3.57. The normalized spacial score (nSPS) is 12.2. The molecule has 1 atom stereocenters. The smallest absolute Gasteiger partial charge is 0.309 e. The van der Waals surface area contributed by atoms with E-state index in [4.69, 9.17) is 0 Å². The molecule has 0 aliphatic carbocycles. The highest BCUT2D eigenvalue weighted by Crippen LogP contribution is 2.19. The number of aryl methyl sites for hydroxylation is 2. The number of rotatable bonds is 5. The van der Waals surface area contributed by atoms with E-state index >= 15 is 0 Å². The van der Waals surface area contributed by atoms with Crippen LogP contribution in [-0.4, -0.2) is 30.4 Å². The SMILES string of the molecule is Cc1cc(CNC(=O)C(C)n2ncc([N+](=O)[O-])c2C)nn1C. The van der Waals surface area contributed by atoms with E-state index in [-0.39, 0.29) is 11.6 Å². The molecular formula is C13H18N6O3. The van der Waals surface area contributed by atoms with Crippen molar-refractivity contribution in [2.75, 3.05) is 0 Å². The van der Waals surface area contributed by atoms with Crippen LogP contribution < -0.4 is 5.32 Å². The average molecular weight is 306 g/mol. The monoisotopic (exact) mass is 306 g/mol. The number of carbonyl (C=O) groups is 1. The van der Waals surface area contributed by atoms with Crippen LogP contribution in [0.2, 0.25) is 0 Å². The molecule has 0 radical (unpaired) electrons. The minimum atomic E-state index is -0.640. The molecule has 0 fully saturated rings. The van der Waals surface area contributed by atoms with Crippen molar-refractivity contribution >= 4 is 11.6 Å². The zero-order valence-electron chi connectivity index (χ0n) is 12.9. The van der Waals surface area contributed by atoms with Gasteiger partial charge in [-0.2, -0.15) is 10.2 Å². The van der Waals surface area contributed by atoms with E-state index < -0.39 is 11.0 Å². The first-order valence-corrected chi connectivity index (χ1v) is 6.77. The van der Waals surface area contributed by atoms with Gasteiger partial charge in [0.25, 0.3) is 0 Å². The molecule has 0 saturated carbocycles. The summed E-state index contributed by atoms with van der Waals surface area (Å²) in [7, 11) is 1.83. The van der Waals surface area contributed by atoms with E-state index in [1.807, 2.05) is 20.0 Å². The third-order valence-corrected chi connectivity index (χ3v) is 3.57. The Morgan fingerprint density at radius 3 is 2.68 bits per heavy atom. The summed E-state index contributed by atoms with van der Waals surface area (Å²) in [5.74, 6) is -0.274. The van der Waals surface area contributed by atoms with Gasteiger partial charge in [-0.25, -0.2) is 0 Å². The molecule has 0 saturated heterocycles. The molecule has 2 heterocycles. The summed E-state index contributed by atoms with van der Waals surface area (Å²) in [5.41, 5.74) is 2.00. The van der Waals surface area contributed by atoms with Crippen LogP contribution in [0.1, 0.15) is 30.0 Å². The summed E-state index contributed by atoms with van der Waals surface area (Å²) in [4.78, 5) is 22.5. The second-order valence-corrected chi connectivity index (χ2v) is 5.11. The zero-order valence-corrected chi connectivity index (χ0v) is 12.9. The van der Waals surface area contributed by atoms with Gasteiger partial charge in [0.05, 0.1) is 17.2 Å². The molecule has 9 nitrogen and oxygen atoms in total. The maximum absolute atomic E-state index is 12.2. The summed E-state index contributed by atoms with van der Waals surface area (Å²) >= 11 is 0. The Bertz CT molecular complexity index is 698. The summed E-state index contributed by atoms with van der Waals surface area (Å²) in [5, 5.41) is 21.7. The van der Waals surface area contributed by atoms with Crippen LogP contribution in [0.3, 0.4) is 0 Å². The summed E-state index contributed by atoms with van der Waals surface area (Å²) in [6.07, 6.45) is 1.15. The molecular weight excluding hydrogens is 288 g/mol. The number of nitrogens with one attached hydrogen (secondary N) is 1. The fourth-order valence-electron chi connectivity index (χ4n) is 2.14. The Hall–Kier alpha value is -2.71. The van der Waals surface area contributed by atoms with Crippen LogP contribution in [-0.2, 0) is 18.4 Å². The molecule has 2 aromatic heterocycles. The number of hydrogen-bond donors (Lipinski definition) is 1. The Kier molecular flexibility index (Phi) is 4.25. The highest BCUT2D eigenvalue weighted by Gasteiger charge is 2.23. The Morgan fingerprint density at radius 1 is 1.50 bits per heavy atom. The van der Waals surface area contributed by atoms with Gasteiger partial charge in [0.1, 0.15) is 17.9 Å². The molecule has 2 aromatic rings. The van der Waals surface area contributed by atoms with E-state index in [0.717, 1.165) is 17.6 Å². The lowest BCUT2D eigenvalue weighted by Gasteiger charge is -2.13. The first-order valence-electron chi connectivity index (χ1n) is 6.77. The van der Waals surface area contributed by atoms with Crippen LogP contribution in [0.4, 0.5) is 5.69 Å². The quantitative estimate of drug-likeness (QED) is 0.655. The fourth-order valence-corrected chi connectivity index (χ4v) is 2.14. The fraction of sp³-hybridized carbons (Fsp3) is 0.462. The number of nitrogens with zero attached hydrogens (tertiary/aromatic N) is 5. The molecule has 118 valence electrons. The number of hydrogen-bond acceptors (Lipinski definition) is 5. The molecule has 0 aliphatic heterocycles. The van der Waals surface area contributed by atoms with Gasteiger partial charge < -0.3 is 5.32 Å². The molecule has 2 rings (SSSR count). The maximum atomic E-state index is 12.2. The van der Waals surface area contributed by atoms with E-state index in [0.29, 0.717) is 12.2 Å². The van der Waals surface area contributed by atoms with Gasteiger partial charge in [0.2, 0.25) is 5.91 Å². The van der Waals surface area contributed by atoms with Crippen molar-refractivity contribution in [1.29, 1.82) is 0 Å². The van der Waals surface area contributed by atoms with E-state index in [9.17, 15) is 14.9 Å². The first kappa shape index (κ1) is 15.7. The highest BCUT2D eigenvalue weighted by molar-refractivity contribution is 5.79. The van der Waals surface area contributed by atoms with Gasteiger partial charge in [-0.15, -0.1) is 0 Å². The molecule has 1 amide bonds. The van der Waals surface area contributed by atoms with Crippen LogP contribution in [0, 0.1) is 24.0 Å². The van der Waals surface area contributed by atoms with Crippen LogP contribution in [0.25, 0.3) is 0 Å².